The second kappa shape index (κ2) is 10.4. The molecule has 1 amide bonds. The van der Waals surface area contributed by atoms with E-state index in [0.29, 0.717) is 67.8 Å². The maximum atomic E-state index is 13.0. The van der Waals surface area contributed by atoms with E-state index in [0.717, 1.165) is 13.1 Å². The van der Waals surface area contributed by atoms with Crippen LogP contribution in [0.15, 0.2) is 42.5 Å². The molecule has 1 saturated heterocycles. The highest BCUT2D eigenvalue weighted by Crippen LogP contribution is 2.32. The third kappa shape index (κ3) is 5.38. The van der Waals surface area contributed by atoms with Gasteiger partial charge in [0.1, 0.15) is 13.2 Å². The molecule has 1 fully saturated rings. The molecule has 0 unspecified atom stereocenters. The van der Waals surface area contributed by atoms with E-state index in [1.165, 1.54) is 5.56 Å². The van der Waals surface area contributed by atoms with Gasteiger partial charge in [-0.1, -0.05) is 19.1 Å². The zero-order valence-electron chi connectivity index (χ0n) is 19.9. The number of hydrogen-bond acceptors (Lipinski definition) is 5. The minimum atomic E-state index is -0.0740. The minimum Gasteiger partial charge on any atom is -0.486 e. The maximum absolute atomic E-state index is 13.0. The molecule has 2 aromatic rings. The van der Waals surface area contributed by atoms with Gasteiger partial charge in [0.05, 0.1) is 0 Å². The molecule has 0 radical (unpaired) electrons. The monoisotopic (exact) mass is 450 g/mol. The molecule has 4 rings (SSSR count). The van der Waals surface area contributed by atoms with Crippen molar-refractivity contribution in [2.75, 3.05) is 32.8 Å². The molecule has 176 valence electrons. The van der Waals surface area contributed by atoms with Crippen LogP contribution in [0.2, 0.25) is 0 Å². The molecule has 2 aromatic carbocycles. The molecule has 2 aliphatic rings. The molecular formula is C27H34N2O4. The molecule has 0 aromatic heterocycles. The van der Waals surface area contributed by atoms with E-state index < -0.39 is 0 Å². The summed E-state index contributed by atoms with van der Waals surface area (Å²) >= 11 is 0. The van der Waals surface area contributed by atoms with Gasteiger partial charge in [-0.05, 0) is 69.1 Å². The van der Waals surface area contributed by atoms with E-state index in [9.17, 15) is 9.59 Å². The van der Waals surface area contributed by atoms with Crippen LogP contribution in [-0.4, -0.2) is 60.4 Å². The molecule has 6 nitrogen and oxygen atoms in total. The Kier molecular flexibility index (Phi) is 7.33. The van der Waals surface area contributed by atoms with Crippen LogP contribution in [0, 0.1) is 5.92 Å². The van der Waals surface area contributed by atoms with Crippen molar-refractivity contribution in [3.05, 3.63) is 59.2 Å². The number of carbonyl (C=O) groups is 2. The fraction of sp³-hybridized carbons (Fsp3) is 0.481. The lowest BCUT2D eigenvalue weighted by atomic mass is 9.88. The van der Waals surface area contributed by atoms with Gasteiger partial charge >= 0.3 is 0 Å². The minimum absolute atomic E-state index is 0.0444. The number of benzene rings is 2. The number of Topliss-reactive ketones (excluding diaryl/α,β-unsaturated/α-hetero) is 1. The second-order valence-electron chi connectivity index (χ2n) is 9.14. The van der Waals surface area contributed by atoms with E-state index in [2.05, 4.69) is 37.8 Å². The Morgan fingerprint density at radius 2 is 1.61 bits per heavy atom. The number of rotatable bonds is 7. The summed E-state index contributed by atoms with van der Waals surface area (Å²) in [6.45, 7) is 10.7. The molecular weight excluding hydrogens is 416 g/mol. The number of hydrogen-bond donors (Lipinski definition) is 0. The lowest BCUT2D eigenvalue weighted by Gasteiger charge is -2.31. The highest BCUT2D eigenvalue weighted by atomic mass is 16.6. The van der Waals surface area contributed by atoms with Crippen molar-refractivity contribution in [3.8, 4) is 11.5 Å². The highest BCUT2D eigenvalue weighted by Gasteiger charge is 2.29. The summed E-state index contributed by atoms with van der Waals surface area (Å²) in [6, 6.07) is 13.9. The van der Waals surface area contributed by atoms with Crippen LogP contribution in [0.5, 0.6) is 11.5 Å². The molecule has 0 spiro atoms. The van der Waals surface area contributed by atoms with Gasteiger partial charge in [0.25, 0.3) is 5.91 Å². The first-order valence-corrected chi connectivity index (χ1v) is 12.0. The maximum Gasteiger partial charge on any atom is 0.253 e. The molecule has 0 aliphatic carbocycles. The van der Waals surface area contributed by atoms with Crippen LogP contribution in [0.1, 0.15) is 59.9 Å². The van der Waals surface area contributed by atoms with Crippen molar-refractivity contribution in [2.24, 2.45) is 5.92 Å². The zero-order valence-corrected chi connectivity index (χ0v) is 19.9. The van der Waals surface area contributed by atoms with Gasteiger partial charge in [-0.25, -0.2) is 0 Å². The van der Waals surface area contributed by atoms with Gasteiger partial charge in [0, 0.05) is 42.7 Å². The molecule has 6 heteroatoms. The third-order valence-corrected chi connectivity index (χ3v) is 6.70. The largest absolute Gasteiger partial charge is 0.486 e. The Bertz CT molecular complexity index is 978. The number of nitrogens with zero attached hydrogens (tertiary/aromatic N) is 2. The Hall–Kier alpha value is -2.86. The molecule has 0 bridgehead atoms. The Balaban J connectivity index is 1.33. The van der Waals surface area contributed by atoms with E-state index in [1.54, 1.807) is 6.07 Å². The first kappa shape index (κ1) is 23.3. The van der Waals surface area contributed by atoms with Gasteiger partial charge in [0.15, 0.2) is 17.3 Å². The standard InChI is InChI=1S/C27H34N2O4/c1-4-28(19(2)3)18-20-5-7-22(8-6-20)27(31)29-13-11-21(12-14-29)26(30)23-9-10-24-25(17-23)33-16-15-32-24/h5-10,17,19,21H,4,11-16,18H2,1-3H3. The summed E-state index contributed by atoms with van der Waals surface area (Å²) in [7, 11) is 0. The predicted molar refractivity (Wildman–Crippen MR) is 128 cm³/mol. The van der Waals surface area contributed by atoms with Gasteiger partial charge < -0.3 is 14.4 Å². The Morgan fingerprint density at radius 1 is 0.970 bits per heavy atom. The average Bonchev–Trinajstić information content (AvgIpc) is 2.86. The molecule has 2 heterocycles. The summed E-state index contributed by atoms with van der Waals surface area (Å²) in [5.41, 5.74) is 2.58. The second-order valence-corrected chi connectivity index (χ2v) is 9.14. The average molecular weight is 451 g/mol. The molecule has 0 atom stereocenters. The zero-order chi connectivity index (χ0) is 23.4. The van der Waals surface area contributed by atoms with Gasteiger partial charge in [-0.3, -0.25) is 14.5 Å². The number of amides is 1. The third-order valence-electron chi connectivity index (χ3n) is 6.70. The van der Waals surface area contributed by atoms with Crippen LogP contribution in [0.25, 0.3) is 0 Å². The van der Waals surface area contributed by atoms with Crippen LogP contribution < -0.4 is 9.47 Å². The lowest BCUT2D eigenvalue weighted by molar-refractivity contribution is 0.0650. The Morgan fingerprint density at radius 3 is 2.24 bits per heavy atom. The molecule has 2 aliphatic heterocycles. The van der Waals surface area contributed by atoms with E-state index in [-0.39, 0.29) is 17.6 Å². The normalized spacial score (nSPS) is 16.3. The van der Waals surface area contributed by atoms with Crippen LogP contribution >= 0.6 is 0 Å². The fourth-order valence-corrected chi connectivity index (χ4v) is 4.61. The first-order chi connectivity index (χ1) is 16.0. The van der Waals surface area contributed by atoms with Crippen LogP contribution in [-0.2, 0) is 6.54 Å². The van der Waals surface area contributed by atoms with Crippen molar-refractivity contribution in [2.45, 2.75) is 46.2 Å². The van der Waals surface area contributed by atoms with Crippen molar-refractivity contribution >= 4 is 11.7 Å². The molecule has 33 heavy (non-hydrogen) atoms. The van der Waals surface area contributed by atoms with Gasteiger partial charge in [0.2, 0.25) is 0 Å². The van der Waals surface area contributed by atoms with Crippen molar-refractivity contribution < 1.29 is 19.1 Å². The summed E-state index contributed by atoms with van der Waals surface area (Å²) in [4.78, 5) is 30.3. The first-order valence-electron chi connectivity index (χ1n) is 12.0. The quantitative estimate of drug-likeness (QED) is 0.585. The van der Waals surface area contributed by atoms with Crippen LogP contribution in [0.4, 0.5) is 0 Å². The SMILES string of the molecule is CCN(Cc1ccc(C(=O)N2CCC(C(=O)c3ccc4c(c3)OCCO4)CC2)cc1)C(C)C. The van der Waals surface area contributed by atoms with Gasteiger partial charge in [-0.15, -0.1) is 0 Å². The predicted octanol–water partition coefficient (Wildman–Crippen LogP) is 4.42. The number of piperidine rings is 1. The number of ketones is 1. The lowest BCUT2D eigenvalue weighted by Crippen LogP contribution is -2.40. The Labute approximate surface area is 196 Å². The van der Waals surface area contributed by atoms with Crippen molar-refractivity contribution in [1.82, 2.24) is 9.80 Å². The topological polar surface area (TPSA) is 59.1 Å². The number of likely N-dealkylation sites (tertiary alicyclic amines) is 1. The van der Waals surface area contributed by atoms with Crippen molar-refractivity contribution in [1.29, 1.82) is 0 Å². The van der Waals surface area contributed by atoms with Crippen molar-refractivity contribution in [3.63, 3.8) is 0 Å². The summed E-state index contributed by atoms with van der Waals surface area (Å²) in [5.74, 6) is 1.42. The highest BCUT2D eigenvalue weighted by molar-refractivity contribution is 5.99. The van der Waals surface area contributed by atoms with Crippen LogP contribution in [0.3, 0.4) is 0 Å². The number of carbonyl (C=O) groups excluding carboxylic acids is 2. The molecule has 0 N–H and O–H groups in total. The van der Waals surface area contributed by atoms with Gasteiger partial charge in [-0.2, -0.15) is 0 Å². The smallest absolute Gasteiger partial charge is 0.253 e. The summed E-state index contributed by atoms with van der Waals surface area (Å²) in [5, 5.41) is 0. The summed E-state index contributed by atoms with van der Waals surface area (Å²) < 4.78 is 11.2. The summed E-state index contributed by atoms with van der Waals surface area (Å²) in [6.07, 6.45) is 1.36. The van der Waals surface area contributed by atoms with E-state index >= 15 is 0 Å². The molecule has 0 saturated carbocycles. The van der Waals surface area contributed by atoms with E-state index in [4.69, 9.17) is 9.47 Å². The number of ether oxygens (including phenoxy) is 2. The van der Waals surface area contributed by atoms with E-state index in [1.807, 2.05) is 29.2 Å². The number of fused-ring (bicyclic) bond motifs is 1. The fourth-order valence-electron chi connectivity index (χ4n) is 4.61.